The van der Waals surface area contributed by atoms with E-state index in [1.54, 1.807) is 0 Å². The molecule has 0 aromatic carbocycles. The van der Waals surface area contributed by atoms with Crippen LogP contribution in [-0.4, -0.2) is 61.1 Å². The third-order valence-corrected chi connectivity index (χ3v) is 4.68. The maximum absolute atomic E-state index is 11.9. The number of nitrogens with zero attached hydrogens (tertiary/aromatic N) is 1. The van der Waals surface area contributed by atoms with Crippen LogP contribution in [0.5, 0.6) is 0 Å². The number of likely N-dealkylation sites (tertiary alicyclic amines) is 1. The van der Waals surface area contributed by atoms with E-state index in [9.17, 15) is 4.79 Å². The molecule has 0 radical (unpaired) electrons. The number of carbonyl (C=O) groups is 1. The highest BCUT2D eigenvalue weighted by atomic mass is 32.2. The fourth-order valence-electron chi connectivity index (χ4n) is 2.47. The second-order valence-electron chi connectivity index (χ2n) is 4.87. The molecule has 1 amide bonds. The SMILES string of the molecule is CCN1CCC(CNC(=O)C2CSCCN2)C1. The van der Waals surface area contributed by atoms with E-state index in [1.807, 2.05) is 11.8 Å². The van der Waals surface area contributed by atoms with Crippen LogP contribution in [0.4, 0.5) is 0 Å². The molecule has 2 unspecified atom stereocenters. The van der Waals surface area contributed by atoms with Crippen LogP contribution in [0.3, 0.4) is 0 Å². The first-order chi connectivity index (χ1) is 8.29. The summed E-state index contributed by atoms with van der Waals surface area (Å²) in [5.74, 6) is 2.87. The number of hydrogen-bond acceptors (Lipinski definition) is 4. The van der Waals surface area contributed by atoms with Gasteiger partial charge in [0.15, 0.2) is 0 Å². The van der Waals surface area contributed by atoms with Crippen LogP contribution in [-0.2, 0) is 4.79 Å². The van der Waals surface area contributed by atoms with Gasteiger partial charge in [0.25, 0.3) is 0 Å². The molecule has 2 heterocycles. The minimum absolute atomic E-state index is 0.0254. The van der Waals surface area contributed by atoms with Crippen LogP contribution >= 0.6 is 11.8 Å². The fourth-order valence-corrected chi connectivity index (χ4v) is 3.40. The quantitative estimate of drug-likeness (QED) is 0.752. The summed E-state index contributed by atoms with van der Waals surface area (Å²) in [6, 6.07) is 0.0254. The molecule has 2 fully saturated rings. The number of hydrogen-bond donors (Lipinski definition) is 2. The molecule has 2 N–H and O–H groups in total. The van der Waals surface area contributed by atoms with Crippen LogP contribution < -0.4 is 10.6 Å². The van der Waals surface area contributed by atoms with Crippen molar-refractivity contribution in [2.45, 2.75) is 19.4 Å². The lowest BCUT2D eigenvalue weighted by Gasteiger charge is -2.23. The molecule has 2 saturated heterocycles. The molecule has 2 aliphatic heterocycles. The average molecular weight is 257 g/mol. The first kappa shape index (κ1) is 13.2. The van der Waals surface area contributed by atoms with Gasteiger partial charge in [0.05, 0.1) is 6.04 Å². The summed E-state index contributed by atoms with van der Waals surface area (Å²) in [6.07, 6.45) is 1.22. The first-order valence-electron chi connectivity index (χ1n) is 6.60. The summed E-state index contributed by atoms with van der Waals surface area (Å²) in [4.78, 5) is 14.4. The zero-order valence-electron chi connectivity index (χ0n) is 10.6. The van der Waals surface area contributed by atoms with E-state index in [2.05, 4.69) is 22.5 Å². The van der Waals surface area contributed by atoms with Crippen LogP contribution in [0, 0.1) is 5.92 Å². The molecule has 2 rings (SSSR count). The lowest BCUT2D eigenvalue weighted by atomic mass is 10.1. The molecule has 4 nitrogen and oxygen atoms in total. The Morgan fingerprint density at radius 2 is 2.47 bits per heavy atom. The van der Waals surface area contributed by atoms with Crippen LogP contribution in [0.1, 0.15) is 13.3 Å². The normalized spacial score (nSPS) is 30.4. The molecule has 0 spiro atoms. The smallest absolute Gasteiger partial charge is 0.238 e. The number of amides is 1. The van der Waals surface area contributed by atoms with Crippen molar-refractivity contribution < 1.29 is 4.79 Å². The van der Waals surface area contributed by atoms with E-state index in [0.717, 1.165) is 37.7 Å². The Labute approximate surface area is 108 Å². The van der Waals surface area contributed by atoms with Gasteiger partial charge in [0.2, 0.25) is 5.91 Å². The number of rotatable bonds is 4. The molecule has 0 bridgehead atoms. The highest BCUT2D eigenvalue weighted by Gasteiger charge is 2.24. The third-order valence-electron chi connectivity index (χ3n) is 3.62. The van der Waals surface area contributed by atoms with Gasteiger partial charge in [-0.05, 0) is 25.4 Å². The predicted molar refractivity (Wildman–Crippen MR) is 72.3 cm³/mol. The highest BCUT2D eigenvalue weighted by Crippen LogP contribution is 2.14. The van der Waals surface area contributed by atoms with Crippen molar-refractivity contribution in [3.05, 3.63) is 0 Å². The summed E-state index contributed by atoms with van der Waals surface area (Å²) in [7, 11) is 0. The Morgan fingerprint density at radius 1 is 1.59 bits per heavy atom. The van der Waals surface area contributed by atoms with Crippen molar-refractivity contribution in [1.29, 1.82) is 0 Å². The molecule has 17 heavy (non-hydrogen) atoms. The maximum Gasteiger partial charge on any atom is 0.238 e. The van der Waals surface area contributed by atoms with Crippen LogP contribution in [0.25, 0.3) is 0 Å². The Kier molecular flexibility index (Phi) is 5.13. The summed E-state index contributed by atoms with van der Waals surface area (Å²) in [6.45, 7) is 7.46. The third kappa shape index (κ3) is 3.86. The van der Waals surface area contributed by atoms with Gasteiger partial charge in [-0.2, -0.15) is 11.8 Å². The Bertz CT molecular complexity index is 256. The zero-order valence-corrected chi connectivity index (χ0v) is 11.4. The van der Waals surface area contributed by atoms with Crippen molar-refractivity contribution in [1.82, 2.24) is 15.5 Å². The molecular formula is C12H23N3OS. The van der Waals surface area contributed by atoms with Gasteiger partial charge in [-0.15, -0.1) is 0 Å². The van der Waals surface area contributed by atoms with Crippen molar-refractivity contribution in [2.24, 2.45) is 5.92 Å². The molecule has 2 aliphatic rings. The number of nitrogens with one attached hydrogen (secondary N) is 2. The molecule has 0 aliphatic carbocycles. The Balaban J connectivity index is 1.65. The van der Waals surface area contributed by atoms with E-state index in [1.165, 1.54) is 13.0 Å². The van der Waals surface area contributed by atoms with E-state index in [-0.39, 0.29) is 11.9 Å². The molecule has 2 atom stereocenters. The Hall–Kier alpha value is -0.260. The predicted octanol–water partition coefficient (Wildman–Crippen LogP) is 0.149. The van der Waals surface area contributed by atoms with Crippen molar-refractivity contribution in [3.63, 3.8) is 0 Å². The summed E-state index contributed by atoms with van der Waals surface area (Å²) < 4.78 is 0. The van der Waals surface area contributed by atoms with Crippen LogP contribution in [0.15, 0.2) is 0 Å². The van der Waals surface area contributed by atoms with E-state index >= 15 is 0 Å². The molecule has 5 heteroatoms. The van der Waals surface area contributed by atoms with Gasteiger partial charge in [-0.3, -0.25) is 4.79 Å². The first-order valence-corrected chi connectivity index (χ1v) is 7.76. The van der Waals surface area contributed by atoms with Gasteiger partial charge >= 0.3 is 0 Å². The largest absolute Gasteiger partial charge is 0.354 e. The second-order valence-corrected chi connectivity index (χ2v) is 6.02. The van der Waals surface area contributed by atoms with Gasteiger partial charge in [0.1, 0.15) is 0 Å². The molecule has 0 aromatic rings. The minimum Gasteiger partial charge on any atom is -0.354 e. The lowest BCUT2D eigenvalue weighted by molar-refractivity contribution is -0.122. The highest BCUT2D eigenvalue weighted by molar-refractivity contribution is 7.99. The average Bonchev–Trinajstić information content (AvgIpc) is 2.85. The van der Waals surface area contributed by atoms with Crippen molar-refractivity contribution in [2.75, 3.05) is 44.2 Å². The van der Waals surface area contributed by atoms with E-state index in [4.69, 9.17) is 0 Å². The number of thioether (sulfide) groups is 1. The van der Waals surface area contributed by atoms with Gasteiger partial charge in [0, 0.05) is 31.1 Å². The van der Waals surface area contributed by atoms with Gasteiger partial charge < -0.3 is 15.5 Å². The molecule has 98 valence electrons. The van der Waals surface area contributed by atoms with Crippen molar-refractivity contribution >= 4 is 17.7 Å². The monoisotopic (exact) mass is 257 g/mol. The summed E-state index contributed by atoms with van der Waals surface area (Å²) >= 11 is 1.86. The molecular weight excluding hydrogens is 234 g/mol. The summed E-state index contributed by atoms with van der Waals surface area (Å²) in [5, 5.41) is 6.37. The maximum atomic E-state index is 11.9. The zero-order chi connectivity index (χ0) is 12.1. The standard InChI is InChI=1S/C12H23N3OS/c1-2-15-5-3-10(8-15)7-14-12(16)11-9-17-6-4-13-11/h10-11,13H,2-9H2,1H3,(H,14,16). The summed E-state index contributed by atoms with van der Waals surface area (Å²) in [5.41, 5.74) is 0. The topological polar surface area (TPSA) is 44.4 Å². The van der Waals surface area contributed by atoms with Gasteiger partial charge in [-0.1, -0.05) is 6.92 Å². The molecule has 0 aromatic heterocycles. The molecule has 0 saturated carbocycles. The minimum atomic E-state index is 0.0254. The second kappa shape index (κ2) is 6.61. The van der Waals surface area contributed by atoms with Crippen LogP contribution in [0.2, 0.25) is 0 Å². The Morgan fingerprint density at radius 3 is 3.12 bits per heavy atom. The lowest BCUT2D eigenvalue weighted by Crippen LogP contribution is -2.49. The van der Waals surface area contributed by atoms with E-state index < -0.39 is 0 Å². The number of carbonyl (C=O) groups excluding carboxylic acids is 1. The van der Waals surface area contributed by atoms with Crippen molar-refractivity contribution in [3.8, 4) is 0 Å². The van der Waals surface area contributed by atoms with E-state index in [0.29, 0.717) is 5.92 Å². The fraction of sp³-hybridized carbons (Fsp3) is 0.917. The van der Waals surface area contributed by atoms with Gasteiger partial charge in [-0.25, -0.2) is 0 Å².